The molecule has 0 bridgehead atoms. The highest BCUT2D eigenvalue weighted by atomic mass is 32.2. The number of benzene rings is 1. The van der Waals surface area contributed by atoms with Gasteiger partial charge in [0.25, 0.3) is 0 Å². The summed E-state index contributed by atoms with van der Waals surface area (Å²) in [6, 6.07) is 5.34. The molecule has 1 aliphatic rings. The lowest BCUT2D eigenvalue weighted by molar-refractivity contribution is -0.120. The van der Waals surface area contributed by atoms with E-state index in [4.69, 9.17) is 5.73 Å². The van der Waals surface area contributed by atoms with E-state index in [0.717, 1.165) is 10.6 Å². The molecule has 0 atom stereocenters. The first-order valence-electron chi connectivity index (χ1n) is 5.42. The number of nitrogens with two attached hydrogens (primary N) is 1. The Balaban J connectivity index is 2.50. The van der Waals surface area contributed by atoms with Crippen LogP contribution in [0.3, 0.4) is 0 Å². The van der Waals surface area contributed by atoms with Crippen LogP contribution in [0.15, 0.2) is 23.1 Å². The zero-order valence-electron chi connectivity index (χ0n) is 9.87. The number of rotatable bonds is 2. The largest absolute Gasteiger partial charge is 0.399 e. The summed E-state index contributed by atoms with van der Waals surface area (Å²) in [4.78, 5) is 14.6. The average Bonchev–Trinajstić information content (AvgIpc) is 2.24. The smallest absolute Gasteiger partial charge is 0.243 e. The van der Waals surface area contributed by atoms with Crippen molar-refractivity contribution < 1.29 is 9.18 Å². The molecule has 1 aromatic rings. The van der Waals surface area contributed by atoms with Crippen molar-refractivity contribution in [2.24, 2.45) is 0 Å². The monoisotopic (exact) mass is 254 g/mol. The molecule has 1 aromatic carbocycles. The van der Waals surface area contributed by atoms with Crippen LogP contribution in [-0.4, -0.2) is 23.9 Å². The van der Waals surface area contributed by atoms with E-state index >= 15 is 0 Å². The third-order valence-corrected chi connectivity index (χ3v) is 3.94. The summed E-state index contributed by atoms with van der Waals surface area (Å²) in [6.07, 6.45) is 0. The standard InChI is InChI=1S/C12H15FN2OS/c1-12(2)11(16)15(6-5-13)9-4-3-8(14)7-10(9)17-12/h3-4,7H,5-6,14H2,1-2H3. The fourth-order valence-corrected chi connectivity index (χ4v) is 3.12. The van der Waals surface area contributed by atoms with Crippen LogP contribution in [0.4, 0.5) is 15.8 Å². The van der Waals surface area contributed by atoms with Crippen LogP contribution >= 0.6 is 11.8 Å². The van der Waals surface area contributed by atoms with Gasteiger partial charge in [-0.15, -0.1) is 11.8 Å². The molecule has 0 aromatic heterocycles. The minimum absolute atomic E-state index is 0.0579. The molecule has 17 heavy (non-hydrogen) atoms. The molecule has 0 spiro atoms. The lowest BCUT2D eigenvalue weighted by Crippen LogP contribution is -2.47. The van der Waals surface area contributed by atoms with E-state index < -0.39 is 11.4 Å². The second-order valence-electron chi connectivity index (χ2n) is 4.49. The molecule has 0 radical (unpaired) electrons. The van der Waals surface area contributed by atoms with Gasteiger partial charge >= 0.3 is 0 Å². The van der Waals surface area contributed by atoms with Crippen LogP contribution in [0, 0.1) is 0 Å². The number of thioether (sulfide) groups is 1. The van der Waals surface area contributed by atoms with E-state index in [2.05, 4.69) is 0 Å². The van der Waals surface area contributed by atoms with Crippen LogP contribution in [-0.2, 0) is 4.79 Å². The number of halogens is 1. The maximum absolute atomic E-state index is 12.6. The number of nitrogens with zero attached hydrogens (tertiary/aromatic N) is 1. The first-order valence-corrected chi connectivity index (χ1v) is 6.24. The molecular formula is C12H15FN2OS. The quantitative estimate of drug-likeness (QED) is 0.825. The average molecular weight is 254 g/mol. The number of anilines is 2. The van der Waals surface area contributed by atoms with Crippen molar-refractivity contribution in [1.29, 1.82) is 0 Å². The fraction of sp³-hybridized carbons (Fsp3) is 0.417. The highest BCUT2D eigenvalue weighted by Gasteiger charge is 2.39. The molecular weight excluding hydrogens is 239 g/mol. The molecule has 0 aliphatic carbocycles. The zero-order valence-corrected chi connectivity index (χ0v) is 10.7. The lowest BCUT2D eigenvalue weighted by Gasteiger charge is -2.37. The predicted molar refractivity (Wildman–Crippen MR) is 69.1 cm³/mol. The molecule has 1 aliphatic heterocycles. The fourth-order valence-electron chi connectivity index (χ4n) is 1.89. The SMILES string of the molecule is CC1(C)Sc2cc(N)ccc2N(CCF)C1=O. The highest BCUT2D eigenvalue weighted by molar-refractivity contribution is 8.01. The number of amides is 1. The van der Waals surface area contributed by atoms with Gasteiger partial charge in [0, 0.05) is 10.6 Å². The third-order valence-electron chi connectivity index (χ3n) is 2.71. The van der Waals surface area contributed by atoms with E-state index in [-0.39, 0.29) is 12.5 Å². The molecule has 1 amide bonds. The van der Waals surface area contributed by atoms with Gasteiger partial charge in [0.15, 0.2) is 0 Å². The number of carbonyl (C=O) groups is 1. The molecule has 0 saturated heterocycles. The number of carbonyl (C=O) groups excluding carboxylic acids is 1. The number of nitrogen functional groups attached to an aromatic ring is 1. The summed E-state index contributed by atoms with van der Waals surface area (Å²) in [5.41, 5.74) is 7.14. The Morgan fingerprint density at radius 3 is 2.82 bits per heavy atom. The molecule has 5 heteroatoms. The van der Waals surface area contributed by atoms with Crippen molar-refractivity contribution in [1.82, 2.24) is 0 Å². The van der Waals surface area contributed by atoms with Gasteiger partial charge in [0.1, 0.15) is 6.67 Å². The Morgan fingerprint density at radius 2 is 2.18 bits per heavy atom. The van der Waals surface area contributed by atoms with Gasteiger partial charge < -0.3 is 10.6 Å². The van der Waals surface area contributed by atoms with Crippen LogP contribution in [0.2, 0.25) is 0 Å². The van der Waals surface area contributed by atoms with Gasteiger partial charge in [-0.25, -0.2) is 4.39 Å². The second-order valence-corrected chi connectivity index (χ2v) is 6.15. The summed E-state index contributed by atoms with van der Waals surface area (Å²) in [7, 11) is 0. The van der Waals surface area contributed by atoms with Crippen molar-refractivity contribution in [3.05, 3.63) is 18.2 Å². The van der Waals surface area contributed by atoms with Gasteiger partial charge in [-0.2, -0.15) is 0 Å². The molecule has 0 fully saturated rings. The van der Waals surface area contributed by atoms with Crippen LogP contribution in [0.1, 0.15) is 13.8 Å². The summed E-state index contributed by atoms with van der Waals surface area (Å²) in [5, 5.41) is 0. The van der Waals surface area contributed by atoms with Crippen LogP contribution < -0.4 is 10.6 Å². The maximum Gasteiger partial charge on any atom is 0.243 e. The van der Waals surface area contributed by atoms with Crippen molar-refractivity contribution in [3.63, 3.8) is 0 Å². The normalized spacial score (nSPS) is 18.1. The summed E-state index contributed by atoms with van der Waals surface area (Å²) in [5.74, 6) is -0.0579. The van der Waals surface area contributed by atoms with Crippen LogP contribution in [0.25, 0.3) is 0 Å². The van der Waals surface area contributed by atoms with Gasteiger partial charge in [0.2, 0.25) is 5.91 Å². The van der Waals surface area contributed by atoms with Crippen molar-refractivity contribution >= 4 is 29.0 Å². The molecule has 92 valence electrons. The van der Waals surface area contributed by atoms with Gasteiger partial charge in [-0.1, -0.05) is 0 Å². The number of alkyl halides is 1. The number of hydrogen-bond acceptors (Lipinski definition) is 3. The van der Waals surface area contributed by atoms with Gasteiger partial charge in [0.05, 0.1) is 17.0 Å². The highest BCUT2D eigenvalue weighted by Crippen LogP contribution is 2.45. The lowest BCUT2D eigenvalue weighted by atomic mass is 10.1. The first-order chi connectivity index (χ1) is 7.95. The topological polar surface area (TPSA) is 46.3 Å². The van der Waals surface area contributed by atoms with E-state index in [1.54, 1.807) is 12.1 Å². The van der Waals surface area contributed by atoms with E-state index in [1.165, 1.54) is 16.7 Å². The van der Waals surface area contributed by atoms with E-state index in [0.29, 0.717) is 5.69 Å². The molecule has 0 saturated carbocycles. The summed E-state index contributed by atoms with van der Waals surface area (Å²) >= 11 is 1.47. The molecule has 2 rings (SSSR count). The number of hydrogen-bond donors (Lipinski definition) is 1. The third kappa shape index (κ3) is 2.11. The minimum Gasteiger partial charge on any atom is -0.399 e. The van der Waals surface area contributed by atoms with Crippen molar-refractivity contribution in [2.75, 3.05) is 23.9 Å². The summed E-state index contributed by atoms with van der Waals surface area (Å²) in [6.45, 7) is 3.24. The van der Waals surface area contributed by atoms with Crippen molar-refractivity contribution in [2.45, 2.75) is 23.5 Å². The Bertz CT molecular complexity index is 462. The maximum atomic E-state index is 12.6. The Hall–Kier alpha value is -1.23. The number of fused-ring (bicyclic) bond motifs is 1. The summed E-state index contributed by atoms with van der Waals surface area (Å²) < 4.78 is 12.0. The molecule has 2 N–H and O–H groups in total. The minimum atomic E-state index is -0.573. The second kappa shape index (κ2) is 4.22. The predicted octanol–water partition coefficient (Wildman–Crippen LogP) is 2.46. The van der Waals surface area contributed by atoms with Gasteiger partial charge in [-0.3, -0.25) is 4.79 Å². The Labute approximate surface area is 104 Å². The first kappa shape index (κ1) is 12.2. The molecule has 1 heterocycles. The van der Waals surface area contributed by atoms with E-state index in [1.807, 2.05) is 19.9 Å². The zero-order chi connectivity index (χ0) is 12.6. The van der Waals surface area contributed by atoms with Crippen LogP contribution in [0.5, 0.6) is 0 Å². The van der Waals surface area contributed by atoms with Crippen molar-refractivity contribution in [3.8, 4) is 0 Å². The van der Waals surface area contributed by atoms with E-state index in [9.17, 15) is 9.18 Å². The Morgan fingerprint density at radius 1 is 1.47 bits per heavy atom. The Kier molecular flexibility index (Phi) is 3.03. The van der Waals surface area contributed by atoms with Gasteiger partial charge in [-0.05, 0) is 32.0 Å². The molecule has 3 nitrogen and oxygen atoms in total. The molecule has 0 unspecified atom stereocenters.